The fraction of sp³-hybridized carbons (Fsp3) is 0.538. The Hall–Kier alpha value is -0.710. The highest BCUT2D eigenvalue weighted by atomic mass is 35.5. The third-order valence-corrected chi connectivity index (χ3v) is 3.33. The van der Waals surface area contributed by atoms with Crippen LogP contribution in [0.1, 0.15) is 32.4 Å². The number of likely N-dealkylation sites (N-methyl/N-ethyl adjacent to an activating group) is 1. The largest absolute Gasteiger partial charge is 0.377 e. The number of nitrogens with one attached hydrogen (secondary N) is 1. The van der Waals surface area contributed by atoms with Crippen molar-refractivity contribution in [2.24, 2.45) is 0 Å². The number of rotatable bonds is 5. The molecule has 0 heterocycles. The lowest BCUT2D eigenvalue weighted by atomic mass is 9.91. The molecule has 0 aromatic heterocycles. The van der Waals surface area contributed by atoms with Gasteiger partial charge in [-0.15, -0.1) is 0 Å². The molecule has 0 fully saturated rings. The average Bonchev–Trinajstić information content (AvgIpc) is 2.33. The summed E-state index contributed by atoms with van der Waals surface area (Å²) in [6.07, 6.45) is 0. The Morgan fingerprint density at radius 2 is 2.00 bits per heavy atom. The zero-order valence-electron chi connectivity index (χ0n) is 11.0. The Morgan fingerprint density at radius 3 is 2.50 bits per heavy atom. The van der Waals surface area contributed by atoms with Crippen molar-refractivity contribution in [2.45, 2.75) is 32.4 Å². The molecule has 1 atom stereocenters. The van der Waals surface area contributed by atoms with Crippen molar-refractivity contribution in [2.75, 3.05) is 13.7 Å². The van der Waals surface area contributed by atoms with Crippen LogP contribution in [0.5, 0.6) is 0 Å². The molecule has 1 rings (SSSR count). The first-order chi connectivity index (χ1) is 8.35. The number of benzene rings is 1. The fourth-order valence-corrected chi connectivity index (χ4v) is 2.08. The molecule has 1 unspecified atom stereocenters. The van der Waals surface area contributed by atoms with E-state index in [1.807, 2.05) is 6.92 Å². The van der Waals surface area contributed by atoms with E-state index in [4.69, 9.17) is 16.3 Å². The molecule has 1 N–H and O–H groups in total. The van der Waals surface area contributed by atoms with E-state index in [-0.39, 0.29) is 10.6 Å². The van der Waals surface area contributed by atoms with Crippen molar-refractivity contribution in [3.8, 4) is 0 Å². The first-order valence-electron chi connectivity index (χ1n) is 5.77. The number of ether oxygens (including phenoxy) is 1. The van der Waals surface area contributed by atoms with Crippen molar-refractivity contribution in [1.82, 2.24) is 5.32 Å². The van der Waals surface area contributed by atoms with Crippen molar-refractivity contribution < 1.29 is 13.5 Å². The Bertz CT molecular complexity index is 424. The van der Waals surface area contributed by atoms with E-state index in [0.29, 0.717) is 6.54 Å². The molecule has 0 saturated carbocycles. The molecule has 0 aliphatic rings. The van der Waals surface area contributed by atoms with Crippen molar-refractivity contribution in [1.29, 1.82) is 0 Å². The quantitative estimate of drug-likeness (QED) is 0.829. The number of halogens is 3. The summed E-state index contributed by atoms with van der Waals surface area (Å²) in [6.45, 7) is 6.05. The van der Waals surface area contributed by atoms with Crippen LogP contribution in [0, 0.1) is 11.6 Å². The highest BCUT2D eigenvalue weighted by molar-refractivity contribution is 6.31. The highest BCUT2D eigenvalue weighted by Crippen LogP contribution is 2.35. The topological polar surface area (TPSA) is 21.3 Å². The maximum absolute atomic E-state index is 13.9. The Kier molecular flexibility index (Phi) is 5.08. The van der Waals surface area contributed by atoms with Crippen molar-refractivity contribution >= 4 is 11.6 Å². The second-order valence-corrected chi connectivity index (χ2v) is 4.96. The molecule has 0 radical (unpaired) electrons. The van der Waals surface area contributed by atoms with E-state index < -0.39 is 23.3 Å². The molecule has 5 heteroatoms. The maximum atomic E-state index is 13.9. The minimum Gasteiger partial charge on any atom is -0.377 e. The molecular weight excluding hydrogens is 260 g/mol. The molecule has 1 aromatic carbocycles. The second-order valence-electron chi connectivity index (χ2n) is 4.56. The molecule has 0 bridgehead atoms. The van der Waals surface area contributed by atoms with Gasteiger partial charge in [0.2, 0.25) is 0 Å². The number of hydrogen-bond donors (Lipinski definition) is 1. The van der Waals surface area contributed by atoms with Gasteiger partial charge in [-0.2, -0.15) is 0 Å². The van der Waals surface area contributed by atoms with Gasteiger partial charge in [0, 0.05) is 17.7 Å². The molecule has 0 saturated heterocycles. The Morgan fingerprint density at radius 1 is 1.39 bits per heavy atom. The normalized spacial score (nSPS) is 13.7. The van der Waals surface area contributed by atoms with Gasteiger partial charge in [0.05, 0.1) is 11.6 Å². The van der Waals surface area contributed by atoms with Gasteiger partial charge < -0.3 is 10.1 Å². The van der Waals surface area contributed by atoms with Gasteiger partial charge in [0.25, 0.3) is 0 Å². The fourth-order valence-electron chi connectivity index (χ4n) is 1.82. The molecule has 2 nitrogen and oxygen atoms in total. The van der Waals surface area contributed by atoms with Gasteiger partial charge in [-0.3, -0.25) is 0 Å². The predicted octanol–water partition coefficient (Wildman–Crippen LogP) is 3.69. The predicted molar refractivity (Wildman–Crippen MR) is 68.9 cm³/mol. The number of methoxy groups -OCH3 is 1. The minimum absolute atomic E-state index is 0.102. The van der Waals surface area contributed by atoms with Crippen molar-refractivity contribution in [3.63, 3.8) is 0 Å². The molecule has 0 aliphatic carbocycles. The van der Waals surface area contributed by atoms with E-state index in [2.05, 4.69) is 5.32 Å². The lowest BCUT2D eigenvalue weighted by Crippen LogP contribution is -2.41. The summed E-state index contributed by atoms with van der Waals surface area (Å²) < 4.78 is 32.6. The summed E-state index contributed by atoms with van der Waals surface area (Å²) in [5, 5.41) is 3.27. The van der Waals surface area contributed by atoms with Gasteiger partial charge in [-0.05, 0) is 32.5 Å². The summed E-state index contributed by atoms with van der Waals surface area (Å²) in [5.74, 6) is -1.84. The van der Waals surface area contributed by atoms with Crippen LogP contribution >= 0.6 is 11.6 Å². The van der Waals surface area contributed by atoms with Crippen LogP contribution in [-0.4, -0.2) is 19.3 Å². The monoisotopic (exact) mass is 277 g/mol. The lowest BCUT2D eigenvalue weighted by Gasteiger charge is -2.34. The smallest absolute Gasteiger partial charge is 0.165 e. The molecule has 0 aliphatic heterocycles. The van der Waals surface area contributed by atoms with Gasteiger partial charge in [-0.1, -0.05) is 18.5 Å². The van der Waals surface area contributed by atoms with Crippen LogP contribution in [0.3, 0.4) is 0 Å². The Balaban J connectivity index is 3.34. The van der Waals surface area contributed by atoms with E-state index in [1.54, 1.807) is 13.8 Å². The third-order valence-electron chi connectivity index (χ3n) is 3.00. The SMILES string of the molecule is CCNC(c1c(Cl)ccc(F)c1F)C(C)(C)OC. The van der Waals surface area contributed by atoms with E-state index in [0.717, 1.165) is 6.07 Å². The zero-order chi connectivity index (χ0) is 13.9. The van der Waals surface area contributed by atoms with E-state index in [9.17, 15) is 8.78 Å². The second kappa shape index (κ2) is 5.95. The van der Waals surface area contributed by atoms with Gasteiger partial charge >= 0.3 is 0 Å². The molecule has 18 heavy (non-hydrogen) atoms. The minimum atomic E-state index is -0.932. The zero-order valence-corrected chi connectivity index (χ0v) is 11.7. The van der Waals surface area contributed by atoms with Gasteiger partial charge in [0.1, 0.15) is 0 Å². The first kappa shape index (κ1) is 15.3. The third kappa shape index (κ3) is 2.99. The first-order valence-corrected chi connectivity index (χ1v) is 6.14. The molecule has 0 amide bonds. The van der Waals surface area contributed by atoms with Crippen LogP contribution in [0.25, 0.3) is 0 Å². The standard InChI is InChI=1S/C13H18ClF2NO/c1-5-17-12(13(2,3)18-4)10-8(14)6-7-9(15)11(10)16/h6-7,12,17H,5H2,1-4H3. The summed E-state index contributed by atoms with van der Waals surface area (Å²) in [6, 6.07) is 1.84. The van der Waals surface area contributed by atoms with E-state index >= 15 is 0 Å². The van der Waals surface area contributed by atoms with Crippen LogP contribution in [0.4, 0.5) is 8.78 Å². The summed E-state index contributed by atoms with van der Waals surface area (Å²) in [5.41, 5.74) is -0.612. The van der Waals surface area contributed by atoms with E-state index in [1.165, 1.54) is 13.2 Å². The van der Waals surface area contributed by atoms with Crippen molar-refractivity contribution in [3.05, 3.63) is 34.4 Å². The average molecular weight is 278 g/mol. The molecular formula is C13H18ClF2NO. The number of hydrogen-bond acceptors (Lipinski definition) is 2. The summed E-state index contributed by atoms with van der Waals surface area (Å²) >= 11 is 5.99. The maximum Gasteiger partial charge on any atom is 0.165 e. The van der Waals surface area contributed by atoms with Crippen LogP contribution < -0.4 is 5.32 Å². The van der Waals surface area contributed by atoms with Crippen LogP contribution in [-0.2, 0) is 4.74 Å². The van der Waals surface area contributed by atoms with Gasteiger partial charge in [-0.25, -0.2) is 8.78 Å². The summed E-state index contributed by atoms with van der Waals surface area (Å²) in [7, 11) is 1.52. The Labute approximate surface area is 111 Å². The van der Waals surface area contributed by atoms with Gasteiger partial charge in [0.15, 0.2) is 11.6 Å². The lowest BCUT2D eigenvalue weighted by molar-refractivity contribution is -0.0117. The van der Waals surface area contributed by atoms with Crippen LogP contribution in [0.15, 0.2) is 12.1 Å². The highest BCUT2D eigenvalue weighted by Gasteiger charge is 2.34. The molecule has 1 aromatic rings. The molecule has 102 valence electrons. The van der Waals surface area contributed by atoms with Crippen LogP contribution in [0.2, 0.25) is 5.02 Å². The summed E-state index contributed by atoms with van der Waals surface area (Å²) in [4.78, 5) is 0. The molecule has 0 spiro atoms.